The molecule has 1 aromatic carbocycles. The maximum absolute atomic E-state index is 5.23. The molecular weight excluding hydrogens is 226 g/mol. The smallest absolute Gasteiger partial charge is 0.168 e. The van der Waals surface area contributed by atoms with E-state index in [2.05, 4.69) is 10.2 Å². The molecule has 90 valence electrons. The molecular formula is C14H13N3O. The molecule has 2 aromatic heterocycles. The van der Waals surface area contributed by atoms with Crippen LogP contribution in [0.25, 0.3) is 17.0 Å². The first-order chi connectivity index (χ1) is 8.79. The molecule has 4 heteroatoms. The van der Waals surface area contributed by atoms with Crippen molar-refractivity contribution >= 4 is 5.65 Å². The van der Waals surface area contributed by atoms with E-state index in [0.717, 1.165) is 28.3 Å². The molecule has 0 aliphatic heterocycles. The SMILES string of the molecule is COc1cccc(-c2nnc3c(C)cccn23)c1. The minimum Gasteiger partial charge on any atom is -0.497 e. The molecule has 0 radical (unpaired) electrons. The van der Waals surface area contributed by atoms with Crippen molar-refractivity contribution < 1.29 is 4.74 Å². The van der Waals surface area contributed by atoms with Crippen LogP contribution in [0.3, 0.4) is 0 Å². The first-order valence-electron chi connectivity index (χ1n) is 5.74. The van der Waals surface area contributed by atoms with Gasteiger partial charge in [-0.2, -0.15) is 0 Å². The Morgan fingerprint density at radius 1 is 1.11 bits per heavy atom. The molecule has 0 fully saturated rings. The number of rotatable bonds is 2. The number of fused-ring (bicyclic) bond motifs is 1. The molecule has 0 N–H and O–H groups in total. The third-order valence-corrected chi connectivity index (χ3v) is 2.96. The molecule has 2 heterocycles. The summed E-state index contributed by atoms with van der Waals surface area (Å²) in [6, 6.07) is 11.8. The van der Waals surface area contributed by atoms with Crippen LogP contribution in [0.15, 0.2) is 42.6 Å². The van der Waals surface area contributed by atoms with E-state index in [0.29, 0.717) is 0 Å². The highest BCUT2D eigenvalue weighted by Crippen LogP contribution is 2.23. The number of ether oxygens (including phenoxy) is 1. The number of nitrogens with zero attached hydrogens (tertiary/aromatic N) is 3. The van der Waals surface area contributed by atoms with Crippen molar-refractivity contribution in [3.8, 4) is 17.1 Å². The van der Waals surface area contributed by atoms with Gasteiger partial charge in [0.05, 0.1) is 7.11 Å². The lowest BCUT2D eigenvalue weighted by molar-refractivity contribution is 0.415. The van der Waals surface area contributed by atoms with Crippen molar-refractivity contribution in [1.29, 1.82) is 0 Å². The molecule has 0 spiro atoms. The molecule has 0 aliphatic carbocycles. The predicted octanol–water partition coefficient (Wildman–Crippen LogP) is 2.71. The minimum absolute atomic E-state index is 0.817. The Balaban J connectivity index is 2.22. The van der Waals surface area contributed by atoms with Gasteiger partial charge in [0.25, 0.3) is 0 Å². The molecule has 0 unspecified atom stereocenters. The lowest BCUT2D eigenvalue weighted by Gasteiger charge is -2.03. The van der Waals surface area contributed by atoms with Crippen molar-refractivity contribution in [2.45, 2.75) is 6.92 Å². The molecule has 3 rings (SSSR count). The quantitative estimate of drug-likeness (QED) is 0.690. The van der Waals surface area contributed by atoms with Crippen molar-refractivity contribution in [3.63, 3.8) is 0 Å². The van der Waals surface area contributed by atoms with Gasteiger partial charge in [-0.3, -0.25) is 4.40 Å². The number of hydrogen-bond donors (Lipinski definition) is 0. The number of pyridine rings is 1. The molecule has 3 aromatic rings. The molecule has 0 aliphatic rings. The second-order valence-electron chi connectivity index (χ2n) is 4.14. The summed E-state index contributed by atoms with van der Waals surface area (Å²) in [6.45, 7) is 2.03. The second-order valence-corrected chi connectivity index (χ2v) is 4.14. The molecule has 0 bridgehead atoms. The van der Waals surface area contributed by atoms with E-state index in [1.807, 2.05) is 53.9 Å². The van der Waals surface area contributed by atoms with Crippen LogP contribution in [0.5, 0.6) is 5.75 Å². The molecule has 0 saturated heterocycles. The number of aromatic nitrogens is 3. The summed E-state index contributed by atoms with van der Waals surface area (Å²) in [6.07, 6.45) is 1.97. The maximum atomic E-state index is 5.23. The van der Waals surface area contributed by atoms with Gasteiger partial charge in [-0.05, 0) is 30.7 Å². The summed E-state index contributed by atoms with van der Waals surface area (Å²) in [4.78, 5) is 0. The van der Waals surface area contributed by atoms with E-state index in [1.165, 1.54) is 0 Å². The number of hydrogen-bond acceptors (Lipinski definition) is 3. The summed E-state index contributed by atoms with van der Waals surface area (Å²) in [5, 5.41) is 8.48. The average molecular weight is 239 g/mol. The Morgan fingerprint density at radius 3 is 2.83 bits per heavy atom. The Labute approximate surface area is 105 Å². The van der Waals surface area contributed by atoms with Gasteiger partial charge < -0.3 is 4.74 Å². The Bertz CT molecular complexity index is 703. The first-order valence-corrected chi connectivity index (χ1v) is 5.74. The summed E-state index contributed by atoms with van der Waals surface area (Å²) >= 11 is 0. The second kappa shape index (κ2) is 4.14. The van der Waals surface area contributed by atoms with Crippen LogP contribution in [0, 0.1) is 6.92 Å². The summed E-state index contributed by atoms with van der Waals surface area (Å²) < 4.78 is 7.22. The lowest BCUT2D eigenvalue weighted by atomic mass is 10.2. The summed E-state index contributed by atoms with van der Waals surface area (Å²) in [5.74, 6) is 1.64. The predicted molar refractivity (Wildman–Crippen MR) is 69.7 cm³/mol. The van der Waals surface area contributed by atoms with E-state index in [1.54, 1.807) is 7.11 Å². The van der Waals surface area contributed by atoms with Crippen LogP contribution in [0.4, 0.5) is 0 Å². The van der Waals surface area contributed by atoms with E-state index in [9.17, 15) is 0 Å². The lowest BCUT2D eigenvalue weighted by Crippen LogP contribution is -1.91. The van der Waals surface area contributed by atoms with Gasteiger partial charge in [0.15, 0.2) is 11.5 Å². The zero-order valence-corrected chi connectivity index (χ0v) is 10.3. The Hall–Kier alpha value is -2.36. The van der Waals surface area contributed by atoms with Crippen molar-refractivity contribution in [1.82, 2.24) is 14.6 Å². The Kier molecular flexibility index (Phi) is 2.48. The van der Waals surface area contributed by atoms with Gasteiger partial charge >= 0.3 is 0 Å². The zero-order valence-electron chi connectivity index (χ0n) is 10.3. The van der Waals surface area contributed by atoms with Crippen LogP contribution in [-0.4, -0.2) is 21.7 Å². The van der Waals surface area contributed by atoms with Gasteiger partial charge in [-0.1, -0.05) is 18.2 Å². The first kappa shape index (κ1) is 10.8. The van der Waals surface area contributed by atoms with Gasteiger partial charge in [0, 0.05) is 11.8 Å². The number of aryl methyl sites for hydroxylation is 1. The van der Waals surface area contributed by atoms with E-state index in [4.69, 9.17) is 4.74 Å². The maximum Gasteiger partial charge on any atom is 0.168 e. The highest BCUT2D eigenvalue weighted by molar-refractivity contribution is 5.62. The van der Waals surface area contributed by atoms with Crippen molar-refractivity contribution in [3.05, 3.63) is 48.2 Å². The fourth-order valence-electron chi connectivity index (χ4n) is 2.01. The Morgan fingerprint density at radius 2 is 2.00 bits per heavy atom. The minimum atomic E-state index is 0.817. The van der Waals surface area contributed by atoms with Crippen LogP contribution in [-0.2, 0) is 0 Å². The normalized spacial score (nSPS) is 10.8. The largest absolute Gasteiger partial charge is 0.497 e. The molecule has 4 nitrogen and oxygen atoms in total. The monoisotopic (exact) mass is 239 g/mol. The van der Waals surface area contributed by atoms with Gasteiger partial charge in [-0.15, -0.1) is 10.2 Å². The third kappa shape index (κ3) is 1.62. The summed E-state index contributed by atoms with van der Waals surface area (Å²) in [7, 11) is 1.66. The van der Waals surface area contributed by atoms with Crippen LogP contribution in [0.1, 0.15) is 5.56 Å². The van der Waals surface area contributed by atoms with Gasteiger partial charge in [0.2, 0.25) is 0 Å². The van der Waals surface area contributed by atoms with Gasteiger partial charge in [0.1, 0.15) is 5.75 Å². The fraction of sp³-hybridized carbons (Fsp3) is 0.143. The third-order valence-electron chi connectivity index (χ3n) is 2.96. The number of benzene rings is 1. The zero-order chi connectivity index (χ0) is 12.5. The average Bonchev–Trinajstić information content (AvgIpc) is 2.84. The highest BCUT2D eigenvalue weighted by Gasteiger charge is 2.09. The fourth-order valence-corrected chi connectivity index (χ4v) is 2.01. The van der Waals surface area contributed by atoms with E-state index < -0.39 is 0 Å². The van der Waals surface area contributed by atoms with Crippen LogP contribution in [0.2, 0.25) is 0 Å². The summed E-state index contributed by atoms with van der Waals surface area (Å²) in [5.41, 5.74) is 2.99. The highest BCUT2D eigenvalue weighted by atomic mass is 16.5. The van der Waals surface area contributed by atoms with Crippen LogP contribution < -0.4 is 4.74 Å². The topological polar surface area (TPSA) is 39.4 Å². The van der Waals surface area contributed by atoms with Crippen molar-refractivity contribution in [2.75, 3.05) is 7.11 Å². The number of methoxy groups -OCH3 is 1. The van der Waals surface area contributed by atoms with E-state index in [-0.39, 0.29) is 0 Å². The van der Waals surface area contributed by atoms with Crippen LogP contribution >= 0.6 is 0 Å². The van der Waals surface area contributed by atoms with Gasteiger partial charge in [-0.25, -0.2) is 0 Å². The molecule has 0 saturated carbocycles. The molecule has 0 amide bonds. The van der Waals surface area contributed by atoms with E-state index >= 15 is 0 Å². The molecule has 18 heavy (non-hydrogen) atoms. The standard InChI is InChI=1S/C14H13N3O/c1-10-5-4-8-17-13(10)15-16-14(17)11-6-3-7-12(9-11)18-2/h3-9H,1-2H3. The van der Waals surface area contributed by atoms with Crippen molar-refractivity contribution in [2.24, 2.45) is 0 Å². The molecule has 0 atom stereocenters.